The van der Waals surface area contributed by atoms with E-state index in [4.69, 9.17) is 9.47 Å². The average molecular weight is 214 g/mol. The zero-order valence-electron chi connectivity index (χ0n) is 10.2. The van der Waals surface area contributed by atoms with Gasteiger partial charge in [-0.25, -0.2) is 0 Å². The van der Waals surface area contributed by atoms with Crippen LogP contribution in [0.4, 0.5) is 0 Å². The van der Waals surface area contributed by atoms with Crippen molar-refractivity contribution >= 4 is 5.97 Å². The summed E-state index contributed by atoms with van der Waals surface area (Å²) in [6.07, 6.45) is 2.91. The van der Waals surface area contributed by atoms with Crippen LogP contribution < -0.4 is 0 Å². The van der Waals surface area contributed by atoms with E-state index in [0.29, 0.717) is 12.5 Å². The normalized spacial score (nSPS) is 31.7. The van der Waals surface area contributed by atoms with Crippen LogP contribution in [0.5, 0.6) is 0 Å². The Morgan fingerprint density at radius 1 is 1.60 bits per heavy atom. The lowest BCUT2D eigenvalue weighted by molar-refractivity contribution is -0.170. The molecule has 0 radical (unpaired) electrons. The highest BCUT2D eigenvalue weighted by Gasteiger charge is 2.35. The van der Waals surface area contributed by atoms with Crippen molar-refractivity contribution in [2.45, 2.75) is 58.7 Å². The highest BCUT2D eigenvalue weighted by molar-refractivity contribution is 5.66. The third-order valence-electron chi connectivity index (χ3n) is 2.77. The molecule has 0 amide bonds. The molecule has 3 nitrogen and oxygen atoms in total. The topological polar surface area (TPSA) is 35.5 Å². The maximum atomic E-state index is 11.0. The van der Waals surface area contributed by atoms with Crippen molar-refractivity contribution in [1.82, 2.24) is 0 Å². The van der Waals surface area contributed by atoms with E-state index in [0.717, 1.165) is 19.3 Å². The molecule has 1 aliphatic rings. The number of hydrogen-bond donors (Lipinski definition) is 0. The molecule has 88 valence electrons. The van der Waals surface area contributed by atoms with Crippen molar-refractivity contribution in [3.63, 3.8) is 0 Å². The van der Waals surface area contributed by atoms with Gasteiger partial charge in [-0.1, -0.05) is 13.8 Å². The minimum atomic E-state index is -0.316. The predicted molar refractivity (Wildman–Crippen MR) is 58.6 cm³/mol. The lowest BCUT2D eigenvalue weighted by Gasteiger charge is -2.38. The fraction of sp³-hybridized carbons (Fsp3) is 0.917. The third-order valence-corrected chi connectivity index (χ3v) is 2.77. The minimum Gasteiger partial charge on any atom is -0.459 e. The van der Waals surface area contributed by atoms with Gasteiger partial charge in [-0.3, -0.25) is 4.79 Å². The van der Waals surface area contributed by atoms with Gasteiger partial charge in [0.1, 0.15) is 5.60 Å². The number of ether oxygens (including phenoxy) is 2. The Bertz CT molecular complexity index is 225. The van der Waals surface area contributed by atoms with E-state index in [1.807, 2.05) is 6.92 Å². The molecule has 0 unspecified atom stereocenters. The van der Waals surface area contributed by atoms with E-state index < -0.39 is 0 Å². The molecule has 0 aromatic heterocycles. The summed E-state index contributed by atoms with van der Waals surface area (Å²) in [6.45, 7) is 8.53. The smallest absolute Gasteiger partial charge is 0.303 e. The number of esters is 1. The van der Waals surface area contributed by atoms with E-state index >= 15 is 0 Å². The van der Waals surface area contributed by atoms with Gasteiger partial charge in [0.15, 0.2) is 0 Å². The second-order valence-corrected chi connectivity index (χ2v) is 5.12. The summed E-state index contributed by atoms with van der Waals surface area (Å²) in [5.74, 6) is 0.428. The molecular weight excluding hydrogens is 192 g/mol. The van der Waals surface area contributed by atoms with Gasteiger partial charge in [-0.05, 0) is 19.3 Å². The molecule has 0 bridgehead atoms. The zero-order chi connectivity index (χ0) is 11.5. The first-order valence-corrected chi connectivity index (χ1v) is 5.72. The van der Waals surface area contributed by atoms with Crippen LogP contribution in [-0.4, -0.2) is 24.3 Å². The highest BCUT2D eigenvalue weighted by Crippen LogP contribution is 2.30. The first-order valence-electron chi connectivity index (χ1n) is 5.72. The highest BCUT2D eigenvalue weighted by atomic mass is 16.6. The summed E-state index contributed by atoms with van der Waals surface area (Å²) in [5, 5.41) is 0. The second-order valence-electron chi connectivity index (χ2n) is 5.12. The van der Waals surface area contributed by atoms with Crippen molar-refractivity contribution in [2.75, 3.05) is 6.61 Å². The van der Waals surface area contributed by atoms with Crippen molar-refractivity contribution in [2.24, 2.45) is 5.92 Å². The third kappa shape index (κ3) is 4.20. The largest absolute Gasteiger partial charge is 0.459 e. The molecule has 0 aromatic carbocycles. The molecule has 0 N–H and O–H groups in total. The molecule has 0 spiro atoms. The van der Waals surface area contributed by atoms with Crippen LogP contribution in [0.15, 0.2) is 0 Å². The van der Waals surface area contributed by atoms with Gasteiger partial charge in [0.2, 0.25) is 0 Å². The molecule has 1 rings (SSSR count). The summed E-state index contributed by atoms with van der Waals surface area (Å²) in [6, 6.07) is 0. The number of hydrogen-bond acceptors (Lipinski definition) is 3. The molecule has 1 saturated heterocycles. The Balaban J connectivity index is 2.50. The van der Waals surface area contributed by atoms with Gasteiger partial charge >= 0.3 is 5.97 Å². The summed E-state index contributed by atoms with van der Waals surface area (Å²) < 4.78 is 11.0. The first-order chi connectivity index (χ1) is 6.91. The summed E-state index contributed by atoms with van der Waals surface area (Å²) >= 11 is 0. The second kappa shape index (κ2) is 4.97. The van der Waals surface area contributed by atoms with Gasteiger partial charge in [0, 0.05) is 19.8 Å². The molecule has 15 heavy (non-hydrogen) atoms. The fourth-order valence-electron chi connectivity index (χ4n) is 2.20. The van der Waals surface area contributed by atoms with Gasteiger partial charge in [-0.15, -0.1) is 0 Å². The Morgan fingerprint density at radius 2 is 2.27 bits per heavy atom. The molecule has 0 aliphatic carbocycles. The van der Waals surface area contributed by atoms with E-state index in [1.54, 1.807) is 0 Å². The minimum absolute atomic E-state index is 0.192. The van der Waals surface area contributed by atoms with Crippen LogP contribution in [-0.2, 0) is 14.3 Å². The van der Waals surface area contributed by atoms with E-state index in [-0.39, 0.29) is 17.7 Å². The van der Waals surface area contributed by atoms with Crippen molar-refractivity contribution in [1.29, 1.82) is 0 Å². The Morgan fingerprint density at radius 3 is 2.80 bits per heavy atom. The van der Waals surface area contributed by atoms with E-state index in [2.05, 4.69) is 13.8 Å². The predicted octanol–water partition coefficient (Wildman–Crippen LogP) is 2.53. The average Bonchev–Trinajstić information content (AvgIpc) is 1.99. The van der Waals surface area contributed by atoms with Gasteiger partial charge < -0.3 is 9.47 Å². The summed E-state index contributed by atoms with van der Waals surface area (Å²) in [4.78, 5) is 11.0. The van der Waals surface area contributed by atoms with Gasteiger partial charge in [0.05, 0.1) is 12.7 Å². The molecule has 2 atom stereocenters. The quantitative estimate of drug-likeness (QED) is 0.677. The Hall–Kier alpha value is -0.570. The molecule has 3 heteroatoms. The van der Waals surface area contributed by atoms with Crippen molar-refractivity contribution in [3.8, 4) is 0 Å². The summed E-state index contributed by atoms with van der Waals surface area (Å²) in [7, 11) is 0. The molecule has 1 fully saturated rings. The van der Waals surface area contributed by atoms with Gasteiger partial charge in [0.25, 0.3) is 0 Å². The Kier molecular flexibility index (Phi) is 4.14. The molecule has 1 aliphatic heterocycles. The van der Waals surface area contributed by atoms with Crippen LogP contribution in [0, 0.1) is 5.92 Å². The zero-order valence-corrected chi connectivity index (χ0v) is 10.2. The van der Waals surface area contributed by atoms with Crippen LogP contribution in [0.1, 0.15) is 47.0 Å². The van der Waals surface area contributed by atoms with E-state index in [1.165, 1.54) is 6.92 Å². The lowest BCUT2D eigenvalue weighted by atomic mass is 9.88. The van der Waals surface area contributed by atoms with Crippen molar-refractivity contribution < 1.29 is 14.3 Å². The molecule has 1 heterocycles. The monoisotopic (exact) mass is 214 g/mol. The van der Waals surface area contributed by atoms with Crippen LogP contribution in [0.2, 0.25) is 0 Å². The van der Waals surface area contributed by atoms with Crippen LogP contribution >= 0.6 is 0 Å². The standard InChI is InChI=1S/C12H22O3/c1-9(2)7-11-8-12(4,5-6-14-11)15-10(3)13/h9,11H,5-8H2,1-4H3/t11-,12-/m1/s1. The maximum absolute atomic E-state index is 11.0. The van der Waals surface area contributed by atoms with Crippen molar-refractivity contribution in [3.05, 3.63) is 0 Å². The molecular formula is C12H22O3. The number of carbonyl (C=O) groups excluding carboxylic acids is 1. The maximum Gasteiger partial charge on any atom is 0.303 e. The first kappa shape index (κ1) is 12.5. The number of rotatable bonds is 3. The Labute approximate surface area is 92.1 Å². The van der Waals surface area contributed by atoms with Crippen LogP contribution in [0.3, 0.4) is 0 Å². The SMILES string of the molecule is CC(=O)O[C@]1(C)CCO[C@H](CC(C)C)C1. The van der Waals surface area contributed by atoms with E-state index in [9.17, 15) is 4.79 Å². The molecule has 0 saturated carbocycles. The van der Waals surface area contributed by atoms with Crippen LogP contribution in [0.25, 0.3) is 0 Å². The lowest BCUT2D eigenvalue weighted by Crippen LogP contribution is -2.42. The molecule has 0 aromatic rings. The van der Waals surface area contributed by atoms with Gasteiger partial charge in [-0.2, -0.15) is 0 Å². The number of carbonyl (C=O) groups is 1. The summed E-state index contributed by atoms with van der Waals surface area (Å²) in [5.41, 5.74) is -0.316. The fourth-order valence-corrected chi connectivity index (χ4v) is 2.20.